The first-order valence-corrected chi connectivity index (χ1v) is 6.18. The molecule has 4 heteroatoms. The molecule has 2 N–H and O–H groups in total. The lowest BCUT2D eigenvalue weighted by atomic mass is 9.95. The molecule has 2 atom stereocenters. The van der Waals surface area contributed by atoms with Crippen LogP contribution in [0.25, 0.3) is 0 Å². The molecule has 0 aliphatic carbocycles. The van der Waals surface area contributed by atoms with Gasteiger partial charge in [0.25, 0.3) is 0 Å². The van der Waals surface area contributed by atoms with Crippen molar-refractivity contribution in [3.8, 4) is 0 Å². The van der Waals surface area contributed by atoms with Crippen LogP contribution in [-0.4, -0.2) is 35.9 Å². The third-order valence-electron chi connectivity index (χ3n) is 3.22. The average molecular weight is 229 g/mol. The Balaban J connectivity index is 2.39. The Morgan fingerprint density at radius 2 is 2.31 bits per heavy atom. The van der Waals surface area contributed by atoms with Crippen LogP contribution in [0.4, 0.5) is 0 Å². The highest BCUT2D eigenvalue weighted by atomic mass is 16.5. The van der Waals surface area contributed by atoms with Crippen LogP contribution in [0.1, 0.15) is 46.0 Å². The summed E-state index contributed by atoms with van der Waals surface area (Å²) >= 11 is 0. The second-order valence-electron chi connectivity index (χ2n) is 4.76. The molecule has 0 radical (unpaired) electrons. The van der Waals surface area contributed by atoms with Gasteiger partial charge in [-0.2, -0.15) is 0 Å². The van der Waals surface area contributed by atoms with E-state index in [2.05, 4.69) is 5.32 Å². The van der Waals surface area contributed by atoms with E-state index in [9.17, 15) is 9.90 Å². The van der Waals surface area contributed by atoms with Crippen molar-refractivity contribution in [1.82, 2.24) is 5.32 Å². The molecule has 1 saturated heterocycles. The molecule has 0 spiro atoms. The number of hydrogen-bond acceptors (Lipinski definition) is 3. The summed E-state index contributed by atoms with van der Waals surface area (Å²) in [6.07, 6.45) is 5.04. The number of ether oxygens (including phenoxy) is 1. The topological polar surface area (TPSA) is 58.6 Å². The van der Waals surface area contributed by atoms with Gasteiger partial charge in [0.1, 0.15) is 5.54 Å². The van der Waals surface area contributed by atoms with Crippen LogP contribution in [0, 0.1) is 0 Å². The second-order valence-corrected chi connectivity index (χ2v) is 4.76. The van der Waals surface area contributed by atoms with E-state index >= 15 is 0 Å². The van der Waals surface area contributed by atoms with Gasteiger partial charge in [0, 0.05) is 13.2 Å². The minimum atomic E-state index is -0.810. The molecule has 1 heterocycles. The molecule has 1 rings (SSSR count). The Hall–Kier alpha value is -0.610. The summed E-state index contributed by atoms with van der Waals surface area (Å²) in [7, 11) is 0. The van der Waals surface area contributed by atoms with Gasteiger partial charge >= 0.3 is 5.97 Å². The molecule has 0 aromatic heterocycles. The monoisotopic (exact) mass is 229 g/mol. The summed E-state index contributed by atoms with van der Waals surface area (Å²) in [6, 6.07) is 0. The molecule has 0 saturated carbocycles. The van der Waals surface area contributed by atoms with E-state index in [0.717, 1.165) is 25.9 Å². The van der Waals surface area contributed by atoms with Crippen LogP contribution in [0.2, 0.25) is 0 Å². The number of rotatable bonds is 6. The molecule has 1 aliphatic rings. The van der Waals surface area contributed by atoms with Gasteiger partial charge in [0.05, 0.1) is 6.10 Å². The van der Waals surface area contributed by atoms with Gasteiger partial charge in [-0.05, 0) is 32.6 Å². The minimum absolute atomic E-state index is 0.185. The molecule has 0 bridgehead atoms. The van der Waals surface area contributed by atoms with Gasteiger partial charge in [0.15, 0.2) is 0 Å². The Bertz CT molecular complexity index is 226. The van der Waals surface area contributed by atoms with Gasteiger partial charge < -0.3 is 9.84 Å². The van der Waals surface area contributed by atoms with E-state index in [4.69, 9.17) is 4.74 Å². The third kappa shape index (κ3) is 3.76. The van der Waals surface area contributed by atoms with Crippen LogP contribution < -0.4 is 5.32 Å². The molecule has 0 aromatic rings. The lowest BCUT2D eigenvalue weighted by Crippen LogP contribution is -2.52. The second kappa shape index (κ2) is 6.21. The number of carboxylic acids is 1. The number of carbonyl (C=O) groups is 1. The fourth-order valence-corrected chi connectivity index (χ4v) is 2.08. The van der Waals surface area contributed by atoms with E-state index in [1.165, 1.54) is 6.42 Å². The largest absolute Gasteiger partial charge is 0.480 e. The summed E-state index contributed by atoms with van der Waals surface area (Å²) in [5.41, 5.74) is -0.810. The predicted molar refractivity (Wildman–Crippen MR) is 62.5 cm³/mol. The number of nitrogens with one attached hydrogen (secondary N) is 1. The Labute approximate surface area is 97.4 Å². The smallest absolute Gasteiger partial charge is 0.323 e. The molecular formula is C12H23NO3. The van der Waals surface area contributed by atoms with Crippen LogP contribution >= 0.6 is 0 Å². The van der Waals surface area contributed by atoms with E-state index in [0.29, 0.717) is 13.0 Å². The summed E-state index contributed by atoms with van der Waals surface area (Å²) in [6.45, 7) is 5.20. The van der Waals surface area contributed by atoms with Crippen LogP contribution in [-0.2, 0) is 9.53 Å². The highest BCUT2D eigenvalue weighted by Gasteiger charge is 2.32. The normalized spacial score (nSPS) is 25.0. The van der Waals surface area contributed by atoms with E-state index in [-0.39, 0.29) is 6.10 Å². The summed E-state index contributed by atoms with van der Waals surface area (Å²) in [5, 5.41) is 12.3. The maximum atomic E-state index is 11.2. The van der Waals surface area contributed by atoms with Crippen molar-refractivity contribution in [1.29, 1.82) is 0 Å². The third-order valence-corrected chi connectivity index (χ3v) is 3.22. The van der Waals surface area contributed by atoms with Gasteiger partial charge in [-0.3, -0.25) is 10.1 Å². The van der Waals surface area contributed by atoms with Crippen molar-refractivity contribution in [2.75, 3.05) is 13.2 Å². The molecule has 1 aliphatic heterocycles. The Morgan fingerprint density at radius 1 is 1.56 bits per heavy atom. The predicted octanol–water partition coefficient (Wildman–Crippen LogP) is 1.79. The Kier molecular flexibility index (Phi) is 5.22. The fourth-order valence-electron chi connectivity index (χ4n) is 2.08. The maximum absolute atomic E-state index is 11.2. The first-order chi connectivity index (χ1) is 7.58. The number of hydrogen-bond donors (Lipinski definition) is 2. The summed E-state index contributed by atoms with van der Waals surface area (Å²) in [5.74, 6) is -0.773. The highest BCUT2D eigenvalue weighted by molar-refractivity contribution is 5.78. The van der Waals surface area contributed by atoms with Crippen molar-refractivity contribution in [3.63, 3.8) is 0 Å². The van der Waals surface area contributed by atoms with Crippen LogP contribution in [0.15, 0.2) is 0 Å². The quantitative estimate of drug-likeness (QED) is 0.729. The molecule has 16 heavy (non-hydrogen) atoms. The van der Waals surface area contributed by atoms with E-state index in [1.54, 1.807) is 6.92 Å². The van der Waals surface area contributed by atoms with Crippen molar-refractivity contribution >= 4 is 5.97 Å². The first-order valence-electron chi connectivity index (χ1n) is 6.18. The van der Waals surface area contributed by atoms with Gasteiger partial charge in [-0.25, -0.2) is 0 Å². The maximum Gasteiger partial charge on any atom is 0.323 e. The highest BCUT2D eigenvalue weighted by Crippen LogP contribution is 2.16. The lowest BCUT2D eigenvalue weighted by molar-refractivity contribution is -0.144. The van der Waals surface area contributed by atoms with E-state index < -0.39 is 11.5 Å². The minimum Gasteiger partial charge on any atom is -0.480 e. The molecule has 0 amide bonds. The van der Waals surface area contributed by atoms with E-state index in [1.807, 2.05) is 6.92 Å². The zero-order valence-corrected chi connectivity index (χ0v) is 10.3. The van der Waals surface area contributed by atoms with Crippen LogP contribution in [0.5, 0.6) is 0 Å². The lowest BCUT2D eigenvalue weighted by Gasteiger charge is -2.30. The summed E-state index contributed by atoms with van der Waals surface area (Å²) < 4.78 is 5.58. The zero-order chi connectivity index (χ0) is 12.0. The van der Waals surface area contributed by atoms with Gasteiger partial charge in [-0.1, -0.05) is 13.3 Å². The van der Waals surface area contributed by atoms with Crippen molar-refractivity contribution in [3.05, 3.63) is 0 Å². The van der Waals surface area contributed by atoms with Crippen molar-refractivity contribution < 1.29 is 14.6 Å². The van der Waals surface area contributed by atoms with Gasteiger partial charge in [0.2, 0.25) is 0 Å². The Morgan fingerprint density at radius 3 is 2.81 bits per heavy atom. The fraction of sp³-hybridized carbons (Fsp3) is 0.917. The zero-order valence-electron chi connectivity index (χ0n) is 10.3. The molecule has 94 valence electrons. The van der Waals surface area contributed by atoms with Crippen molar-refractivity contribution in [2.24, 2.45) is 0 Å². The molecular weight excluding hydrogens is 206 g/mol. The standard InChI is InChI=1S/C12H23NO3/c1-3-7-12(2,11(14)15)13-9-10-6-4-5-8-16-10/h10,13H,3-9H2,1-2H3,(H,14,15). The van der Waals surface area contributed by atoms with Crippen LogP contribution in [0.3, 0.4) is 0 Å². The first kappa shape index (κ1) is 13.5. The number of carboxylic acid groups (broad SMARTS) is 1. The summed E-state index contributed by atoms with van der Waals surface area (Å²) in [4.78, 5) is 11.2. The molecule has 0 aromatic carbocycles. The number of aliphatic carboxylic acids is 1. The van der Waals surface area contributed by atoms with Crippen molar-refractivity contribution in [2.45, 2.75) is 57.6 Å². The SMILES string of the molecule is CCCC(C)(NCC1CCCCO1)C(=O)O. The molecule has 2 unspecified atom stereocenters. The average Bonchev–Trinajstić information content (AvgIpc) is 2.28. The molecule has 4 nitrogen and oxygen atoms in total. The molecule has 1 fully saturated rings. The van der Waals surface area contributed by atoms with Gasteiger partial charge in [-0.15, -0.1) is 0 Å².